The number of carbonyl (C=O) groups excluding carboxylic acids is 3. The summed E-state index contributed by atoms with van der Waals surface area (Å²) >= 11 is 0. The molecule has 0 spiro atoms. The van der Waals surface area contributed by atoms with Crippen LogP contribution in [0.1, 0.15) is 23.1 Å². The summed E-state index contributed by atoms with van der Waals surface area (Å²) in [5, 5.41) is 2.40. The third-order valence-electron chi connectivity index (χ3n) is 4.37. The molecule has 0 saturated carbocycles. The number of rotatable bonds is 4. The van der Waals surface area contributed by atoms with Gasteiger partial charge in [-0.1, -0.05) is 12.1 Å². The average molecular weight is 409 g/mol. The fourth-order valence-electron chi connectivity index (χ4n) is 2.83. The molecule has 0 unspecified atom stereocenters. The number of para-hydroxylation sites is 1. The molecule has 30 heavy (non-hydrogen) atoms. The van der Waals surface area contributed by atoms with E-state index in [0.29, 0.717) is 22.4 Å². The van der Waals surface area contributed by atoms with Gasteiger partial charge in [0.15, 0.2) is 6.10 Å². The number of carbonyl (C=O) groups is 3. The first-order chi connectivity index (χ1) is 14.3. The molecular formula is C21H19N3O6. The van der Waals surface area contributed by atoms with Crippen LogP contribution in [0.4, 0.5) is 4.79 Å². The number of nitrogens with one attached hydrogen (secondary N) is 1. The largest absolute Gasteiger partial charge is 0.453 e. The maximum absolute atomic E-state index is 12.9. The highest BCUT2D eigenvalue weighted by molar-refractivity contribution is 5.97. The lowest BCUT2D eigenvalue weighted by Crippen LogP contribution is -2.39. The standard InChI is InChI=1S/C21H19N3O6/c1-12(18(25)23-21(28)29-3)30-20(27)14-8-10-15(11-9-14)24-13(2)22-17-7-5-4-6-16(17)19(24)26/h4-12H,1-3H3,(H,23,25,28)/t12-/m1/s1. The molecule has 3 aromatic rings. The number of hydrogen-bond donors (Lipinski definition) is 1. The van der Waals surface area contributed by atoms with E-state index in [1.807, 2.05) is 11.4 Å². The van der Waals surface area contributed by atoms with Gasteiger partial charge in [-0.05, 0) is 50.2 Å². The van der Waals surface area contributed by atoms with Crippen molar-refractivity contribution in [3.05, 3.63) is 70.3 Å². The molecule has 0 aliphatic carbocycles. The zero-order chi connectivity index (χ0) is 21.8. The molecule has 0 aliphatic heterocycles. The van der Waals surface area contributed by atoms with Crippen LogP contribution in [0.5, 0.6) is 0 Å². The smallest absolute Gasteiger partial charge is 0.413 e. The number of aromatic nitrogens is 2. The molecular weight excluding hydrogens is 390 g/mol. The van der Waals surface area contributed by atoms with Crippen LogP contribution in [-0.4, -0.2) is 40.7 Å². The van der Waals surface area contributed by atoms with Crippen LogP contribution < -0.4 is 10.9 Å². The summed E-state index contributed by atoms with van der Waals surface area (Å²) in [6.45, 7) is 3.05. The van der Waals surface area contributed by atoms with Crippen molar-refractivity contribution in [2.45, 2.75) is 20.0 Å². The molecule has 1 aromatic heterocycles. The minimum absolute atomic E-state index is 0.177. The van der Waals surface area contributed by atoms with Crippen molar-refractivity contribution in [3.8, 4) is 5.69 Å². The van der Waals surface area contributed by atoms with E-state index in [9.17, 15) is 19.2 Å². The van der Waals surface area contributed by atoms with Crippen molar-refractivity contribution in [2.75, 3.05) is 7.11 Å². The van der Waals surface area contributed by atoms with E-state index in [-0.39, 0.29) is 11.1 Å². The molecule has 3 rings (SSSR count). The lowest BCUT2D eigenvalue weighted by Gasteiger charge is -2.13. The Morgan fingerprint density at radius 1 is 1.07 bits per heavy atom. The quantitative estimate of drug-likeness (QED) is 0.656. The normalized spacial score (nSPS) is 11.6. The summed E-state index contributed by atoms with van der Waals surface area (Å²) in [6.07, 6.45) is -2.15. The monoisotopic (exact) mass is 409 g/mol. The first-order valence-corrected chi connectivity index (χ1v) is 9.00. The van der Waals surface area contributed by atoms with Crippen molar-refractivity contribution in [1.82, 2.24) is 14.9 Å². The Labute approximate surface area is 171 Å². The molecule has 2 aromatic carbocycles. The Morgan fingerprint density at radius 2 is 1.73 bits per heavy atom. The number of amides is 2. The Balaban J connectivity index is 1.81. The number of hydrogen-bond acceptors (Lipinski definition) is 7. The molecule has 0 radical (unpaired) electrons. The van der Waals surface area contributed by atoms with Gasteiger partial charge in [0, 0.05) is 0 Å². The fourth-order valence-corrected chi connectivity index (χ4v) is 2.83. The first-order valence-electron chi connectivity index (χ1n) is 9.00. The summed E-state index contributed by atoms with van der Waals surface area (Å²) in [5.74, 6) is -1.06. The maximum atomic E-state index is 12.9. The van der Waals surface area contributed by atoms with Gasteiger partial charge in [-0.2, -0.15) is 0 Å². The minimum Gasteiger partial charge on any atom is -0.453 e. The second-order valence-corrected chi connectivity index (χ2v) is 6.39. The van der Waals surface area contributed by atoms with Gasteiger partial charge in [0.2, 0.25) is 0 Å². The van der Waals surface area contributed by atoms with Crippen LogP contribution in [0.3, 0.4) is 0 Å². The predicted molar refractivity (Wildman–Crippen MR) is 108 cm³/mol. The number of methoxy groups -OCH3 is 1. The fraction of sp³-hybridized carbons (Fsp3) is 0.190. The lowest BCUT2D eigenvalue weighted by molar-refractivity contribution is -0.128. The van der Waals surface area contributed by atoms with E-state index in [0.717, 1.165) is 7.11 Å². The minimum atomic E-state index is -1.20. The molecule has 154 valence electrons. The number of esters is 1. The van der Waals surface area contributed by atoms with Gasteiger partial charge in [0.05, 0.1) is 29.3 Å². The van der Waals surface area contributed by atoms with Crippen molar-refractivity contribution in [2.24, 2.45) is 0 Å². The van der Waals surface area contributed by atoms with Gasteiger partial charge in [-0.3, -0.25) is 19.5 Å². The average Bonchev–Trinajstić information content (AvgIpc) is 2.74. The highest BCUT2D eigenvalue weighted by atomic mass is 16.6. The van der Waals surface area contributed by atoms with E-state index >= 15 is 0 Å². The molecule has 1 N–H and O–H groups in total. The van der Waals surface area contributed by atoms with Crippen LogP contribution in [-0.2, 0) is 14.3 Å². The summed E-state index contributed by atoms with van der Waals surface area (Å²) < 4.78 is 10.8. The Bertz CT molecular complexity index is 1180. The van der Waals surface area contributed by atoms with Gasteiger partial charge in [0.1, 0.15) is 5.82 Å². The Hall–Kier alpha value is -4.01. The highest BCUT2D eigenvalue weighted by Crippen LogP contribution is 2.14. The molecule has 2 amide bonds. The zero-order valence-electron chi connectivity index (χ0n) is 16.5. The number of fused-ring (bicyclic) bond motifs is 1. The van der Waals surface area contributed by atoms with Gasteiger partial charge >= 0.3 is 12.1 Å². The highest BCUT2D eigenvalue weighted by Gasteiger charge is 2.21. The Kier molecular flexibility index (Phi) is 5.91. The van der Waals surface area contributed by atoms with Crippen LogP contribution in [0.25, 0.3) is 16.6 Å². The third kappa shape index (κ3) is 4.19. The second kappa shape index (κ2) is 8.56. The van der Waals surface area contributed by atoms with Gasteiger partial charge in [-0.15, -0.1) is 0 Å². The first kappa shape index (κ1) is 20.7. The van der Waals surface area contributed by atoms with Gasteiger partial charge in [0.25, 0.3) is 11.5 Å². The molecule has 0 aliphatic rings. The van der Waals surface area contributed by atoms with E-state index in [1.54, 1.807) is 37.3 Å². The molecule has 1 atom stereocenters. The van der Waals surface area contributed by atoms with Crippen molar-refractivity contribution >= 4 is 28.9 Å². The summed E-state index contributed by atoms with van der Waals surface area (Å²) in [4.78, 5) is 52.4. The lowest BCUT2D eigenvalue weighted by atomic mass is 10.2. The van der Waals surface area contributed by atoms with Crippen molar-refractivity contribution in [1.29, 1.82) is 0 Å². The van der Waals surface area contributed by atoms with Crippen LogP contribution >= 0.6 is 0 Å². The zero-order valence-corrected chi connectivity index (χ0v) is 16.5. The number of ether oxygens (including phenoxy) is 2. The van der Waals surface area contributed by atoms with E-state index in [2.05, 4.69) is 9.72 Å². The third-order valence-corrected chi connectivity index (χ3v) is 4.37. The number of nitrogens with zero attached hydrogens (tertiary/aromatic N) is 2. The van der Waals surface area contributed by atoms with E-state index in [1.165, 1.54) is 23.6 Å². The predicted octanol–water partition coefficient (Wildman–Crippen LogP) is 2.12. The van der Waals surface area contributed by atoms with Crippen LogP contribution in [0, 0.1) is 6.92 Å². The molecule has 9 nitrogen and oxygen atoms in total. The summed E-state index contributed by atoms with van der Waals surface area (Å²) in [5.41, 5.74) is 1.09. The summed E-state index contributed by atoms with van der Waals surface area (Å²) in [7, 11) is 1.11. The molecule has 1 heterocycles. The summed E-state index contributed by atoms with van der Waals surface area (Å²) in [6, 6.07) is 13.2. The molecule has 0 saturated heterocycles. The number of aryl methyl sites for hydroxylation is 1. The number of imide groups is 1. The molecule has 0 bridgehead atoms. The molecule has 0 fully saturated rings. The molecule has 9 heteroatoms. The van der Waals surface area contributed by atoms with Gasteiger partial charge in [-0.25, -0.2) is 14.6 Å². The Morgan fingerprint density at radius 3 is 2.40 bits per heavy atom. The van der Waals surface area contributed by atoms with Gasteiger partial charge < -0.3 is 9.47 Å². The maximum Gasteiger partial charge on any atom is 0.413 e. The topological polar surface area (TPSA) is 117 Å². The van der Waals surface area contributed by atoms with E-state index < -0.39 is 24.1 Å². The number of alkyl carbamates (subject to hydrolysis) is 1. The van der Waals surface area contributed by atoms with Crippen molar-refractivity contribution in [3.63, 3.8) is 0 Å². The van der Waals surface area contributed by atoms with Crippen LogP contribution in [0.2, 0.25) is 0 Å². The van der Waals surface area contributed by atoms with Crippen LogP contribution in [0.15, 0.2) is 53.3 Å². The second-order valence-electron chi connectivity index (χ2n) is 6.39. The number of benzene rings is 2. The van der Waals surface area contributed by atoms with E-state index in [4.69, 9.17) is 4.74 Å². The SMILES string of the molecule is COC(=O)NC(=O)[C@@H](C)OC(=O)c1ccc(-n2c(C)nc3ccccc3c2=O)cc1. The van der Waals surface area contributed by atoms with Crippen molar-refractivity contribution < 1.29 is 23.9 Å².